The molecule has 1 aliphatic heterocycles. The van der Waals surface area contributed by atoms with Crippen LogP contribution >= 0.6 is 0 Å². The van der Waals surface area contributed by atoms with Gasteiger partial charge >= 0.3 is 0 Å². The average Bonchev–Trinajstić information content (AvgIpc) is 2.46. The van der Waals surface area contributed by atoms with Crippen LogP contribution in [-0.2, 0) is 4.74 Å². The Morgan fingerprint density at radius 3 is 2.30 bits per heavy atom. The Balaban J connectivity index is 2.66. The van der Waals surface area contributed by atoms with Gasteiger partial charge in [-0.1, -0.05) is 40.5 Å². The van der Waals surface area contributed by atoms with Gasteiger partial charge in [-0.25, -0.2) is 0 Å². The molecule has 3 heteroatoms. The van der Waals surface area contributed by atoms with Gasteiger partial charge in [0.05, 0.1) is 13.2 Å². The summed E-state index contributed by atoms with van der Waals surface area (Å²) in [5.41, 5.74) is 0.261. The molecular formula is C17H36N2O. The fraction of sp³-hybridized carbons (Fsp3) is 1.00. The first kappa shape index (κ1) is 17.9. The van der Waals surface area contributed by atoms with E-state index >= 15 is 0 Å². The molecule has 1 rings (SSSR count). The summed E-state index contributed by atoms with van der Waals surface area (Å²) in [5.74, 6) is 0.813. The van der Waals surface area contributed by atoms with Crippen LogP contribution in [0.15, 0.2) is 0 Å². The number of ether oxygens (including phenoxy) is 1. The van der Waals surface area contributed by atoms with Gasteiger partial charge in [0, 0.05) is 24.7 Å². The van der Waals surface area contributed by atoms with E-state index in [1.165, 1.54) is 25.7 Å². The lowest BCUT2D eigenvalue weighted by atomic mass is 9.83. The van der Waals surface area contributed by atoms with Crippen LogP contribution in [0.4, 0.5) is 0 Å². The van der Waals surface area contributed by atoms with Crippen molar-refractivity contribution in [1.29, 1.82) is 0 Å². The third kappa shape index (κ3) is 5.01. The molecule has 0 saturated carbocycles. The van der Waals surface area contributed by atoms with Crippen molar-refractivity contribution in [1.82, 2.24) is 10.2 Å². The topological polar surface area (TPSA) is 24.5 Å². The zero-order chi connectivity index (χ0) is 15.0. The maximum Gasteiger partial charge on any atom is 0.0594 e. The molecular weight excluding hydrogens is 248 g/mol. The molecule has 0 aliphatic carbocycles. The molecule has 0 aromatic rings. The number of rotatable bonds is 9. The normalized spacial score (nSPS) is 21.9. The third-order valence-electron chi connectivity index (χ3n) is 4.92. The summed E-state index contributed by atoms with van der Waals surface area (Å²) in [6.45, 7) is 16.7. The molecule has 0 bridgehead atoms. The van der Waals surface area contributed by atoms with Gasteiger partial charge in [0.1, 0.15) is 0 Å². The van der Waals surface area contributed by atoms with Crippen LogP contribution in [0.3, 0.4) is 0 Å². The number of likely N-dealkylation sites (N-methyl/N-ethyl adjacent to an activating group) is 1. The molecule has 2 atom stereocenters. The molecule has 0 spiro atoms. The summed E-state index contributed by atoms with van der Waals surface area (Å²) in [7, 11) is 0. The van der Waals surface area contributed by atoms with E-state index in [0.29, 0.717) is 6.04 Å². The third-order valence-corrected chi connectivity index (χ3v) is 4.92. The van der Waals surface area contributed by atoms with Gasteiger partial charge in [0.2, 0.25) is 0 Å². The van der Waals surface area contributed by atoms with E-state index in [-0.39, 0.29) is 5.54 Å². The lowest BCUT2D eigenvalue weighted by Crippen LogP contribution is -2.61. The van der Waals surface area contributed by atoms with Crippen LogP contribution in [-0.4, -0.2) is 49.3 Å². The number of nitrogens with zero attached hydrogens (tertiary/aromatic N) is 1. The first-order valence-electron chi connectivity index (χ1n) is 8.60. The minimum absolute atomic E-state index is 0.261. The Hall–Kier alpha value is -0.120. The number of nitrogens with one attached hydrogen (secondary N) is 1. The SMILES string of the molecule is CCNC(CCCC(C)C)C(C)(CC)N1CCOCC1. The molecule has 0 aromatic carbocycles. The summed E-state index contributed by atoms with van der Waals surface area (Å²) < 4.78 is 5.53. The molecule has 0 aromatic heterocycles. The highest BCUT2D eigenvalue weighted by Gasteiger charge is 2.38. The Labute approximate surface area is 126 Å². The van der Waals surface area contributed by atoms with E-state index in [1.807, 2.05) is 0 Å². The quantitative estimate of drug-likeness (QED) is 0.703. The summed E-state index contributed by atoms with van der Waals surface area (Å²) in [6, 6.07) is 0.592. The van der Waals surface area contributed by atoms with Gasteiger partial charge in [0.25, 0.3) is 0 Å². The van der Waals surface area contributed by atoms with Gasteiger partial charge in [-0.3, -0.25) is 4.90 Å². The second-order valence-corrected chi connectivity index (χ2v) is 6.75. The molecule has 2 unspecified atom stereocenters. The molecule has 3 nitrogen and oxygen atoms in total. The number of hydrogen-bond acceptors (Lipinski definition) is 3. The lowest BCUT2D eigenvalue weighted by molar-refractivity contribution is -0.0335. The Kier molecular flexibility index (Phi) is 8.08. The van der Waals surface area contributed by atoms with Crippen molar-refractivity contribution in [2.45, 2.75) is 71.9 Å². The standard InChI is InChI=1S/C17H36N2O/c1-6-17(5,19-11-13-20-14-12-19)16(18-7-2)10-8-9-15(3)4/h15-16,18H,6-14H2,1-5H3. The van der Waals surface area contributed by atoms with Crippen molar-refractivity contribution in [3.05, 3.63) is 0 Å². The van der Waals surface area contributed by atoms with Crippen molar-refractivity contribution >= 4 is 0 Å². The highest BCUT2D eigenvalue weighted by molar-refractivity contribution is 4.96. The first-order valence-corrected chi connectivity index (χ1v) is 8.60. The molecule has 1 aliphatic rings. The van der Waals surface area contributed by atoms with Crippen LogP contribution in [0.2, 0.25) is 0 Å². The average molecular weight is 284 g/mol. The van der Waals surface area contributed by atoms with Crippen LogP contribution in [0.25, 0.3) is 0 Å². The fourth-order valence-electron chi connectivity index (χ4n) is 3.37. The monoisotopic (exact) mass is 284 g/mol. The fourth-order valence-corrected chi connectivity index (χ4v) is 3.37. The maximum absolute atomic E-state index is 5.53. The van der Waals surface area contributed by atoms with E-state index in [9.17, 15) is 0 Å². The first-order chi connectivity index (χ1) is 9.54. The Bertz CT molecular complexity index is 251. The lowest BCUT2D eigenvalue weighted by Gasteiger charge is -2.48. The van der Waals surface area contributed by atoms with Gasteiger partial charge < -0.3 is 10.1 Å². The zero-order valence-electron chi connectivity index (χ0n) is 14.4. The predicted molar refractivity (Wildman–Crippen MR) is 87.2 cm³/mol. The maximum atomic E-state index is 5.53. The van der Waals surface area contributed by atoms with Gasteiger partial charge in [0.15, 0.2) is 0 Å². The minimum Gasteiger partial charge on any atom is -0.379 e. The van der Waals surface area contributed by atoms with Gasteiger partial charge in [-0.05, 0) is 32.2 Å². The highest BCUT2D eigenvalue weighted by atomic mass is 16.5. The molecule has 1 N–H and O–H groups in total. The Morgan fingerprint density at radius 1 is 1.15 bits per heavy atom. The number of morpholine rings is 1. The molecule has 0 radical (unpaired) electrons. The summed E-state index contributed by atoms with van der Waals surface area (Å²) in [6.07, 6.45) is 5.15. The number of hydrogen-bond donors (Lipinski definition) is 1. The molecule has 1 fully saturated rings. The van der Waals surface area contributed by atoms with Crippen molar-refractivity contribution in [3.63, 3.8) is 0 Å². The van der Waals surface area contributed by atoms with Gasteiger partial charge in [-0.15, -0.1) is 0 Å². The molecule has 1 heterocycles. The highest BCUT2D eigenvalue weighted by Crippen LogP contribution is 2.28. The largest absolute Gasteiger partial charge is 0.379 e. The van der Waals surface area contributed by atoms with Crippen molar-refractivity contribution in [2.75, 3.05) is 32.8 Å². The summed E-state index contributed by atoms with van der Waals surface area (Å²) >= 11 is 0. The van der Waals surface area contributed by atoms with Crippen molar-refractivity contribution < 1.29 is 4.74 Å². The second-order valence-electron chi connectivity index (χ2n) is 6.75. The van der Waals surface area contributed by atoms with Gasteiger partial charge in [-0.2, -0.15) is 0 Å². The van der Waals surface area contributed by atoms with Crippen LogP contribution in [0, 0.1) is 5.92 Å². The van der Waals surface area contributed by atoms with Crippen LogP contribution in [0.1, 0.15) is 60.3 Å². The van der Waals surface area contributed by atoms with Crippen LogP contribution in [0.5, 0.6) is 0 Å². The van der Waals surface area contributed by atoms with Crippen molar-refractivity contribution in [3.8, 4) is 0 Å². The van der Waals surface area contributed by atoms with E-state index < -0.39 is 0 Å². The molecule has 120 valence electrons. The van der Waals surface area contributed by atoms with E-state index in [0.717, 1.165) is 38.8 Å². The van der Waals surface area contributed by atoms with E-state index in [2.05, 4.69) is 44.8 Å². The molecule has 20 heavy (non-hydrogen) atoms. The zero-order valence-corrected chi connectivity index (χ0v) is 14.4. The smallest absolute Gasteiger partial charge is 0.0594 e. The van der Waals surface area contributed by atoms with E-state index in [1.54, 1.807) is 0 Å². The summed E-state index contributed by atoms with van der Waals surface area (Å²) in [5, 5.41) is 3.76. The second kappa shape index (κ2) is 9.01. The summed E-state index contributed by atoms with van der Waals surface area (Å²) in [4.78, 5) is 2.65. The predicted octanol–water partition coefficient (Wildman–Crippen LogP) is 3.29. The Morgan fingerprint density at radius 2 is 1.80 bits per heavy atom. The molecule has 0 amide bonds. The van der Waals surface area contributed by atoms with Crippen LogP contribution < -0.4 is 5.32 Å². The molecule has 1 saturated heterocycles. The minimum atomic E-state index is 0.261. The van der Waals surface area contributed by atoms with Crippen molar-refractivity contribution in [2.24, 2.45) is 5.92 Å². The van der Waals surface area contributed by atoms with E-state index in [4.69, 9.17) is 4.74 Å².